The predicted octanol–water partition coefficient (Wildman–Crippen LogP) is 5.44. The lowest BCUT2D eigenvalue weighted by atomic mass is 10.1. The van der Waals surface area contributed by atoms with Gasteiger partial charge in [-0.25, -0.2) is 4.79 Å². The van der Waals surface area contributed by atoms with Crippen molar-refractivity contribution in [2.45, 2.75) is 0 Å². The molecule has 0 spiro atoms. The number of hydrogen-bond donors (Lipinski definition) is 2. The number of carboxylic acids is 1. The second-order valence-corrected chi connectivity index (χ2v) is 8.31. The Hall–Kier alpha value is -3.17. The summed E-state index contributed by atoms with van der Waals surface area (Å²) >= 11 is 23.3. The fraction of sp³-hybridized carbons (Fsp3) is 0. The first-order valence-electron chi connectivity index (χ1n) is 9.16. The fourth-order valence-electron chi connectivity index (χ4n) is 3.11. The van der Waals surface area contributed by atoms with Gasteiger partial charge in [-0.3, -0.25) is 19.8 Å². The molecule has 7 nitrogen and oxygen atoms in total. The van der Waals surface area contributed by atoms with Crippen LogP contribution >= 0.6 is 47.0 Å². The minimum atomic E-state index is -1.18. The van der Waals surface area contributed by atoms with Crippen LogP contribution in [-0.4, -0.2) is 28.0 Å². The summed E-state index contributed by atoms with van der Waals surface area (Å²) in [6.45, 7) is 0. The number of halogens is 3. The van der Waals surface area contributed by atoms with Crippen LogP contribution in [0.5, 0.6) is 0 Å². The molecule has 0 bridgehead atoms. The number of hydrogen-bond acceptors (Lipinski definition) is 5. The van der Waals surface area contributed by atoms with Crippen LogP contribution in [0.3, 0.4) is 0 Å². The Labute approximate surface area is 207 Å². The summed E-state index contributed by atoms with van der Waals surface area (Å²) in [7, 11) is 0. The molecule has 33 heavy (non-hydrogen) atoms. The van der Waals surface area contributed by atoms with Crippen molar-refractivity contribution in [3.05, 3.63) is 80.5 Å². The van der Waals surface area contributed by atoms with Crippen molar-refractivity contribution in [3.63, 3.8) is 0 Å². The van der Waals surface area contributed by atoms with Crippen LogP contribution in [0, 0.1) is 0 Å². The Morgan fingerprint density at radius 3 is 2.55 bits per heavy atom. The van der Waals surface area contributed by atoms with Crippen LogP contribution in [0.4, 0.5) is 5.69 Å². The van der Waals surface area contributed by atoms with Crippen molar-refractivity contribution in [1.29, 1.82) is 0 Å². The highest BCUT2D eigenvalue weighted by atomic mass is 35.5. The highest BCUT2D eigenvalue weighted by Crippen LogP contribution is 2.35. The van der Waals surface area contributed by atoms with E-state index in [0.29, 0.717) is 11.3 Å². The summed E-state index contributed by atoms with van der Waals surface area (Å²) in [6, 6.07) is 12.2. The minimum absolute atomic E-state index is 0.0837. The van der Waals surface area contributed by atoms with E-state index in [1.165, 1.54) is 24.3 Å². The van der Waals surface area contributed by atoms with Gasteiger partial charge in [0.25, 0.3) is 11.8 Å². The molecular formula is C22H11Cl3N2O5S. The molecular weight excluding hydrogens is 511 g/mol. The zero-order valence-corrected chi connectivity index (χ0v) is 19.3. The Morgan fingerprint density at radius 2 is 1.82 bits per heavy atom. The Morgan fingerprint density at radius 1 is 1.06 bits per heavy atom. The maximum Gasteiger partial charge on any atom is 0.337 e. The van der Waals surface area contributed by atoms with Gasteiger partial charge in [0.15, 0.2) is 5.11 Å². The quantitative estimate of drug-likeness (QED) is 0.270. The summed E-state index contributed by atoms with van der Waals surface area (Å²) in [5.41, 5.74) is 0.333. The van der Waals surface area contributed by atoms with Crippen LogP contribution < -0.4 is 10.2 Å². The molecule has 2 aromatic carbocycles. The van der Waals surface area contributed by atoms with Crippen molar-refractivity contribution < 1.29 is 23.9 Å². The first-order chi connectivity index (χ1) is 15.7. The molecule has 1 saturated heterocycles. The number of anilines is 1. The number of carboxylic acid groups (broad SMARTS) is 1. The second-order valence-electron chi connectivity index (χ2n) is 6.73. The van der Waals surface area contributed by atoms with E-state index in [1.807, 2.05) is 0 Å². The summed E-state index contributed by atoms with van der Waals surface area (Å²) in [4.78, 5) is 38.0. The zero-order chi connectivity index (χ0) is 23.9. The average molecular weight is 522 g/mol. The van der Waals surface area contributed by atoms with Crippen LogP contribution in [0.1, 0.15) is 16.1 Å². The van der Waals surface area contributed by atoms with E-state index in [0.717, 1.165) is 4.90 Å². The largest absolute Gasteiger partial charge is 0.478 e. The number of benzene rings is 2. The average Bonchev–Trinajstić information content (AvgIpc) is 3.23. The van der Waals surface area contributed by atoms with Crippen molar-refractivity contribution in [2.75, 3.05) is 4.90 Å². The van der Waals surface area contributed by atoms with E-state index in [1.54, 1.807) is 30.3 Å². The minimum Gasteiger partial charge on any atom is -0.478 e. The molecule has 2 heterocycles. The molecule has 3 aromatic rings. The van der Waals surface area contributed by atoms with Crippen molar-refractivity contribution in [2.24, 2.45) is 0 Å². The smallest absolute Gasteiger partial charge is 0.337 e. The van der Waals surface area contributed by atoms with Gasteiger partial charge in [0.1, 0.15) is 17.1 Å². The van der Waals surface area contributed by atoms with Crippen LogP contribution in [0.15, 0.2) is 58.5 Å². The van der Waals surface area contributed by atoms with Crippen molar-refractivity contribution in [1.82, 2.24) is 5.32 Å². The number of carbonyl (C=O) groups excluding carboxylic acids is 2. The Kier molecular flexibility index (Phi) is 6.27. The molecule has 4 rings (SSSR count). The van der Waals surface area contributed by atoms with E-state index in [2.05, 4.69) is 5.32 Å². The Bertz CT molecular complexity index is 1380. The SMILES string of the molecule is O=C1NC(=S)N(c2cccc(Cl)c2Cl)C(=O)/C1=C\c1ccc(-c2ccc(Cl)c(C(=O)O)c2)o1. The maximum absolute atomic E-state index is 13.1. The van der Waals surface area contributed by atoms with Crippen molar-refractivity contribution in [3.8, 4) is 11.3 Å². The number of thiocarbonyl (C=S) groups is 1. The van der Waals surface area contributed by atoms with Gasteiger partial charge >= 0.3 is 5.97 Å². The van der Waals surface area contributed by atoms with Gasteiger partial charge in [0.05, 0.1) is 26.3 Å². The summed E-state index contributed by atoms with van der Waals surface area (Å²) in [5.74, 6) is -2.12. The zero-order valence-electron chi connectivity index (χ0n) is 16.3. The third kappa shape index (κ3) is 4.38. The van der Waals surface area contributed by atoms with E-state index in [4.69, 9.17) is 51.4 Å². The molecule has 2 amide bonds. The topological polar surface area (TPSA) is 99.9 Å². The number of nitrogens with one attached hydrogen (secondary N) is 1. The van der Waals surface area contributed by atoms with Gasteiger partial charge < -0.3 is 9.52 Å². The summed E-state index contributed by atoms with van der Waals surface area (Å²) in [6.07, 6.45) is 1.25. The normalized spacial score (nSPS) is 15.2. The van der Waals surface area contributed by atoms with Gasteiger partial charge in [-0.05, 0) is 60.8 Å². The summed E-state index contributed by atoms with van der Waals surface area (Å²) < 4.78 is 5.71. The number of nitrogens with zero attached hydrogens (tertiary/aromatic N) is 1. The van der Waals surface area contributed by atoms with Gasteiger partial charge in [-0.1, -0.05) is 40.9 Å². The van der Waals surface area contributed by atoms with E-state index >= 15 is 0 Å². The summed E-state index contributed by atoms with van der Waals surface area (Å²) in [5, 5.41) is 12.0. The van der Waals surface area contributed by atoms with E-state index < -0.39 is 17.8 Å². The monoisotopic (exact) mass is 520 g/mol. The first kappa shape index (κ1) is 23.0. The molecule has 1 aromatic heterocycles. The first-order valence-corrected chi connectivity index (χ1v) is 10.7. The number of furan rings is 1. The number of aromatic carboxylic acids is 1. The van der Waals surface area contributed by atoms with Gasteiger partial charge in [-0.15, -0.1) is 0 Å². The number of rotatable bonds is 4. The van der Waals surface area contributed by atoms with E-state index in [-0.39, 0.29) is 42.8 Å². The third-order valence-electron chi connectivity index (χ3n) is 4.67. The number of carbonyl (C=O) groups is 3. The van der Waals surface area contributed by atoms with Gasteiger partial charge in [-0.2, -0.15) is 0 Å². The molecule has 1 aliphatic rings. The molecule has 0 radical (unpaired) electrons. The van der Waals surface area contributed by atoms with E-state index in [9.17, 15) is 19.5 Å². The van der Waals surface area contributed by atoms with Crippen LogP contribution in [0.25, 0.3) is 17.4 Å². The van der Waals surface area contributed by atoms with Gasteiger partial charge in [0.2, 0.25) is 0 Å². The lowest BCUT2D eigenvalue weighted by molar-refractivity contribution is -0.122. The second kappa shape index (κ2) is 8.99. The molecule has 0 unspecified atom stereocenters. The lowest BCUT2D eigenvalue weighted by Gasteiger charge is -2.29. The molecule has 166 valence electrons. The van der Waals surface area contributed by atoms with Crippen LogP contribution in [0.2, 0.25) is 15.1 Å². The molecule has 2 N–H and O–H groups in total. The predicted molar refractivity (Wildman–Crippen MR) is 129 cm³/mol. The van der Waals surface area contributed by atoms with Crippen LogP contribution in [-0.2, 0) is 9.59 Å². The Balaban J connectivity index is 1.70. The molecule has 1 fully saturated rings. The lowest BCUT2D eigenvalue weighted by Crippen LogP contribution is -2.54. The highest BCUT2D eigenvalue weighted by Gasteiger charge is 2.36. The number of amides is 2. The van der Waals surface area contributed by atoms with Crippen molar-refractivity contribution >= 4 is 81.7 Å². The molecule has 1 aliphatic heterocycles. The molecule has 0 atom stereocenters. The maximum atomic E-state index is 13.1. The standard InChI is InChI=1S/C22H11Cl3N2O5S/c23-14-6-4-10(8-12(14)21(30)31)17-7-5-11(32-17)9-13-19(28)26-22(33)27(20(13)29)16-3-1-2-15(24)18(16)25/h1-9H,(H,30,31)(H,26,28,33)/b13-9-. The molecule has 11 heteroatoms. The third-order valence-corrected chi connectivity index (χ3v) is 6.09. The fourth-order valence-corrected chi connectivity index (χ4v) is 3.96. The van der Waals surface area contributed by atoms with Gasteiger partial charge in [0, 0.05) is 5.56 Å². The molecule has 0 saturated carbocycles. The molecule has 0 aliphatic carbocycles. The highest BCUT2D eigenvalue weighted by molar-refractivity contribution is 7.80.